The Kier molecular flexibility index (Phi) is 6.49. The van der Waals surface area contributed by atoms with Gasteiger partial charge >= 0.3 is 0 Å². The van der Waals surface area contributed by atoms with Crippen LogP contribution in [0.25, 0.3) is 0 Å². The van der Waals surface area contributed by atoms with E-state index in [-0.39, 0.29) is 23.7 Å². The molecule has 0 saturated carbocycles. The molecule has 2 aromatic rings. The van der Waals surface area contributed by atoms with Crippen LogP contribution in [0.5, 0.6) is 0 Å². The Hall–Kier alpha value is -2.70. The fraction of sp³-hybridized carbons (Fsp3) is 0.474. The fourth-order valence-corrected chi connectivity index (χ4v) is 2.23. The van der Waals surface area contributed by atoms with Crippen molar-refractivity contribution in [2.45, 2.75) is 58.8 Å². The van der Waals surface area contributed by atoms with Gasteiger partial charge in [0.15, 0.2) is 5.82 Å². The number of amides is 2. The molecule has 2 amide bonds. The molecule has 0 unspecified atom stereocenters. The first-order chi connectivity index (χ1) is 12.3. The molecule has 0 atom stereocenters. The molecule has 0 aliphatic rings. The number of nitrogens with zero attached hydrogens (tertiary/aromatic N) is 2. The molecule has 0 aliphatic carbocycles. The minimum absolute atomic E-state index is 0.0398. The molecule has 26 heavy (non-hydrogen) atoms. The maximum Gasteiger partial charge on any atom is 0.227 e. The van der Waals surface area contributed by atoms with Gasteiger partial charge in [-0.2, -0.15) is 4.98 Å². The molecule has 2 N–H and O–H groups in total. The van der Waals surface area contributed by atoms with E-state index in [9.17, 15) is 9.59 Å². The maximum atomic E-state index is 12.1. The Morgan fingerprint density at radius 2 is 1.69 bits per heavy atom. The number of carbonyl (C=O) groups excluding carboxylic acids is 2. The van der Waals surface area contributed by atoms with E-state index in [2.05, 4.69) is 20.8 Å². The lowest BCUT2D eigenvalue weighted by atomic mass is 9.96. The van der Waals surface area contributed by atoms with Crippen LogP contribution in [-0.4, -0.2) is 22.0 Å². The van der Waals surface area contributed by atoms with Crippen LogP contribution in [-0.2, 0) is 21.4 Å². The van der Waals surface area contributed by atoms with Gasteiger partial charge in [0.1, 0.15) is 0 Å². The molecule has 0 radical (unpaired) electrons. The number of benzene rings is 1. The SMILES string of the molecule is CCCC(=O)Nc1cccc(NC(=O)CCc2nc(C(C)(C)C)no2)c1. The second-order valence-corrected chi connectivity index (χ2v) is 7.19. The fourth-order valence-electron chi connectivity index (χ4n) is 2.23. The average Bonchev–Trinajstić information content (AvgIpc) is 3.03. The third-order valence-corrected chi connectivity index (χ3v) is 3.61. The van der Waals surface area contributed by atoms with Crippen molar-refractivity contribution in [3.63, 3.8) is 0 Å². The van der Waals surface area contributed by atoms with Crippen LogP contribution in [0.2, 0.25) is 0 Å². The van der Waals surface area contributed by atoms with Gasteiger partial charge < -0.3 is 15.2 Å². The van der Waals surface area contributed by atoms with Gasteiger partial charge in [-0.25, -0.2) is 0 Å². The number of carbonyl (C=O) groups is 2. The van der Waals surface area contributed by atoms with Gasteiger partial charge in [0.25, 0.3) is 0 Å². The van der Waals surface area contributed by atoms with Crippen LogP contribution in [0.3, 0.4) is 0 Å². The Morgan fingerprint density at radius 1 is 1.08 bits per heavy atom. The van der Waals surface area contributed by atoms with Crippen molar-refractivity contribution >= 4 is 23.2 Å². The number of rotatable bonds is 7. The molecule has 7 nitrogen and oxygen atoms in total. The molecule has 2 rings (SSSR count). The zero-order valence-corrected chi connectivity index (χ0v) is 15.8. The Bertz CT molecular complexity index is 762. The maximum absolute atomic E-state index is 12.1. The number of anilines is 2. The van der Waals surface area contributed by atoms with E-state index < -0.39 is 0 Å². The summed E-state index contributed by atoms with van der Waals surface area (Å²) >= 11 is 0. The van der Waals surface area contributed by atoms with Gasteiger partial charge in [-0.3, -0.25) is 9.59 Å². The summed E-state index contributed by atoms with van der Waals surface area (Å²) in [6.07, 6.45) is 1.87. The Morgan fingerprint density at radius 3 is 2.23 bits per heavy atom. The summed E-state index contributed by atoms with van der Waals surface area (Å²) in [5.74, 6) is 0.883. The highest BCUT2D eigenvalue weighted by Crippen LogP contribution is 2.19. The number of aromatic nitrogens is 2. The van der Waals surface area contributed by atoms with Crippen molar-refractivity contribution in [3.05, 3.63) is 36.0 Å². The number of nitrogens with one attached hydrogen (secondary N) is 2. The predicted octanol–water partition coefficient (Wildman–Crippen LogP) is 3.68. The first-order valence-electron chi connectivity index (χ1n) is 8.80. The zero-order chi connectivity index (χ0) is 19.2. The number of hydrogen-bond donors (Lipinski definition) is 2. The highest BCUT2D eigenvalue weighted by atomic mass is 16.5. The largest absolute Gasteiger partial charge is 0.339 e. The monoisotopic (exact) mass is 358 g/mol. The van der Waals surface area contributed by atoms with Crippen molar-refractivity contribution in [1.82, 2.24) is 10.1 Å². The van der Waals surface area contributed by atoms with Gasteiger partial charge in [0.2, 0.25) is 17.7 Å². The summed E-state index contributed by atoms with van der Waals surface area (Å²) in [6, 6.07) is 7.08. The van der Waals surface area contributed by atoms with Crippen LogP contribution in [0.15, 0.2) is 28.8 Å². The number of aryl methyl sites for hydroxylation is 1. The van der Waals surface area contributed by atoms with Gasteiger partial charge in [-0.15, -0.1) is 0 Å². The summed E-state index contributed by atoms with van der Waals surface area (Å²) in [6.45, 7) is 7.95. The lowest BCUT2D eigenvalue weighted by Crippen LogP contribution is -2.14. The van der Waals surface area contributed by atoms with E-state index in [4.69, 9.17) is 4.52 Å². The third kappa shape index (κ3) is 5.98. The first kappa shape index (κ1) is 19.6. The van der Waals surface area contributed by atoms with Crippen LogP contribution in [0.1, 0.15) is 58.7 Å². The molecular formula is C19H26N4O3. The van der Waals surface area contributed by atoms with Crippen molar-refractivity contribution in [2.24, 2.45) is 0 Å². The molecule has 7 heteroatoms. The minimum Gasteiger partial charge on any atom is -0.339 e. The smallest absolute Gasteiger partial charge is 0.227 e. The third-order valence-electron chi connectivity index (χ3n) is 3.61. The average molecular weight is 358 g/mol. The summed E-state index contributed by atoms with van der Waals surface area (Å²) in [5.41, 5.74) is 1.10. The van der Waals surface area contributed by atoms with Crippen LogP contribution in [0.4, 0.5) is 11.4 Å². The molecule has 0 aliphatic heterocycles. The second kappa shape index (κ2) is 8.60. The van der Waals surface area contributed by atoms with Gasteiger partial charge in [0, 0.05) is 36.1 Å². The Labute approximate surface area is 153 Å². The van der Waals surface area contributed by atoms with Crippen molar-refractivity contribution in [2.75, 3.05) is 10.6 Å². The minimum atomic E-state index is -0.188. The van der Waals surface area contributed by atoms with E-state index in [0.29, 0.717) is 35.9 Å². The Balaban J connectivity index is 1.87. The standard InChI is InChI=1S/C19H26N4O3/c1-5-7-15(24)20-13-8-6-9-14(12-13)21-16(25)10-11-17-22-18(23-26-17)19(2,3)4/h6,8-9,12H,5,7,10-11H2,1-4H3,(H,20,24)(H,21,25). The molecule has 0 bridgehead atoms. The predicted molar refractivity (Wildman–Crippen MR) is 99.9 cm³/mol. The van der Waals surface area contributed by atoms with Gasteiger partial charge in [0.05, 0.1) is 0 Å². The highest BCUT2D eigenvalue weighted by molar-refractivity contribution is 5.94. The summed E-state index contributed by atoms with van der Waals surface area (Å²) < 4.78 is 5.19. The van der Waals surface area contributed by atoms with E-state index >= 15 is 0 Å². The first-order valence-corrected chi connectivity index (χ1v) is 8.80. The van der Waals surface area contributed by atoms with Gasteiger partial charge in [-0.1, -0.05) is 38.9 Å². The normalized spacial score (nSPS) is 11.2. The summed E-state index contributed by atoms with van der Waals surface area (Å²) in [7, 11) is 0. The molecule has 1 aromatic carbocycles. The van der Waals surface area contributed by atoms with Gasteiger partial charge in [-0.05, 0) is 24.6 Å². The lowest BCUT2D eigenvalue weighted by molar-refractivity contribution is -0.117. The molecule has 1 aromatic heterocycles. The molecule has 140 valence electrons. The van der Waals surface area contributed by atoms with Crippen molar-refractivity contribution in [1.29, 1.82) is 0 Å². The summed E-state index contributed by atoms with van der Waals surface area (Å²) in [4.78, 5) is 28.1. The highest BCUT2D eigenvalue weighted by Gasteiger charge is 2.21. The number of hydrogen-bond acceptors (Lipinski definition) is 5. The molecule has 1 heterocycles. The van der Waals surface area contributed by atoms with Crippen molar-refractivity contribution in [3.8, 4) is 0 Å². The lowest BCUT2D eigenvalue weighted by Gasteiger charge is -2.10. The van der Waals surface area contributed by atoms with Crippen molar-refractivity contribution < 1.29 is 14.1 Å². The molecule has 0 saturated heterocycles. The second-order valence-electron chi connectivity index (χ2n) is 7.19. The molecule has 0 spiro atoms. The van der Waals surface area contributed by atoms with Crippen LogP contribution < -0.4 is 10.6 Å². The van der Waals surface area contributed by atoms with Crippen LogP contribution >= 0.6 is 0 Å². The van der Waals surface area contributed by atoms with E-state index in [1.54, 1.807) is 24.3 Å². The quantitative estimate of drug-likeness (QED) is 0.787. The zero-order valence-electron chi connectivity index (χ0n) is 15.8. The van der Waals surface area contributed by atoms with E-state index in [1.165, 1.54) is 0 Å². The topological polar surface area (TPSA) is 97.1 Å². The van der Waals surface area contributed by atoms with Crippen LogP contribution in [0, 0.1) is 0 Å². The summed E-state index contributed by atoms with van der Waals surface area (Å²) in [5, 5.41) is 9.57. The molecular weight excluding hydrogens is 332 g/mol. The van der Waals surface area contributed by atoms with E-state index in [0.717, 1.165) is 6.42 Å². The van der Waals surface area contributed by atoms with E-state index in [1.807, 2.05) is 27.7 Å². The molecule has 0 fully saturated rings.